The first-order chi connectivity index (χ1) is 30.8. The Labute approximate surface area is 369 Å². The lowest BCUT2D eigenvalue weighted by molar-refractivity contribution is -0.139. The van der Waals surface area contributed by atoms with Gasteiger partial charge in [-0.15, -0.1) is 0 Å². The fourth-order valence-electron chi connectivity index (χ4n) is 6.86. The van der Waals surface area contributed by atoms with Gasteiger partial charge in [0.25, 0.3) is 5.91 Å². The lowest BCUT2D eigenvalue weighted by Gasteiger charge is -2.32. The van der Waals surface area contributed by atoms with E-state index < -0.39 is 5.97 Å². The highest BCUT2D eigenvalue weighted by Crippen LogP contribution is 2.24. The number of amides is 1. The van der Waals surface area contributed by atoms with Gasteiger partial charge >= 0.3 is 5.97 Å². The molecule has 2 aliphatic heterocycles. The number of rotatable bonds is 15. The number of nitrogens with zero attached hydrogens (tertiary/aromatic N) is 4. The fourth-order valence-corrected chi connectivity index (χ4v) is 6.86. The molecule has 4 heterocycles. The predicted molar refractivity (Wildman–Crippen MR) is 242 cm³/mol. The zero-order chi connectivity index (χ0) is 43.9. The first kappa shape index (κ1) is 45.7. The molecule has 4 aromatic carbocycles. The molecule has 4 N–H and O–H groups in total. The minimum Gasteiger partial charge on any atom is -0.484 e. The van der Waals surface area contributed by atoms with Gasteiger partial charge in [0.1, 0.15) is 23.0 Å². The molecular formula is C50H56N6O7. The summed E-state index contributed by atoms with van der Waals surface area (Å²) in [7, 11) is 0. The summed E-state index contributed by atoms with van der Waals surface area (Å²) in [4.78, 5) is 35.7. The molecule has 8 rings (SSSR count). The highest BCUT2D eigenvalue weighted by molar-refractivity contribution is 5.77. The summed E-state index contributed by atoms with van der Waals surface area (Å²) < 4.78 is 21.8. The van der Waals surface area contributed by atoms with E-state index in [4.69, 9.17) is 29.8 Å². The molecule has 13 nitrogen and oxygen atoms in total. The third-order valence-electron chi connectivity index (χ3n) is 10.2. The van der Waals surface area contributed by atoms with E-state index in [2.05, 4.69) is 79.7 Å². The number of likely N-dealkylation sites (tertiary alicyclic amines) is 2. The fraction of sp³-hybridized carbons (Fsp3) is 0.280. The van der Waals surface area contributed by atoms with Crippen LogP contribution in [0.15, 0.2) is 158 Å². The molecule has 0 saturated carbocycles. The third-order valence-corrected chi connectivity index (χ3v) is 10.2. The number of carbonyl (C=O) groups excluding carboxylic acids is 1. The number of aliphatic carboxylic acids is 1. The number of nitrogens with two attached hydrogens (primary N) is 1. The number of pyridine rings is 2. The largest absolute Gasteiger partial charge is 0.484 e. The SMILES string of the molecule is NC1CCN(Cc2ccccc2)CC1.O=C(COc1ccc(Oc2ccccn2)cc1)NC1CCN(Cc2ccccc2)CC1.O=C(O)COc1ccc(Oc2ccccn2)cc1. The summed E-state index contributed by atoms with van der Waals surface area (Å²) in [6.07, 6.45) is 7.52. The number of carboxylic acids is 1. The number of benzene rings is 4. The van der Waals surface area contributed by atoms with Gasteiger partial charge in [-0.3, -0.25) is 14.6 Å². The van der Waals surface area contributed by atoms with Gasteiger partial charge in [0.05, 0.1) is 0 Å². The van der Waals surface area contributed by atoms with E-state index in [0.29, 0.717) is 40.8 Å². The van der Waals surface area contributed by atoms with Crippen LogP contribution in [0.1, 0.15) is 36.8 Å². The molecule has 0 bridgehead atoms. The van der Waals surface area contributed by atoms with Crippen molar-refractivity contribution in [2.24, 2.45) is 5.73 Å². The molecule has 2 saturated heterocycles. The summed E-state index contributed by atoms with van der Waals surface area (Å²) in [5.74, 6) is 2.31. The number of ether oxygens (including phenoxy) is 4. The van der Waals surface area contributed by atoms with Gasteiger partial charge in [0.15, 0.2) is 13.2 Å². The molecule has 63 heavy (non-hydrogen) atoms. The van der Waals surface area contributed by atoms with Crippen LogP contribution in [-0.2, 0) is 22.7 Å². The summed E-state index contributed by atoms with van der Waals surface area (Å²) in [6.45, 7) is 5.95. The second kappa shape index (κ2) is 25.2. The van der Waals surface area contributed by atoms with Gasteiger partial charge in [-0.2, -0.15) is 0 Å². The van der Waals surface area contributed by atoms with Crippen molar-refractivity contribution < 1.29 is 33.6 Å². The summed E-state index contributed by atoms with van der Waals surface area (Å²) in [5.41, 5.74) is 8.60. The number of hydrogen-bond donors (Lipinski definition) is 3. The summed E-state index contributed by atoms with van der Waals surface area (Å²) >= 11 is 0. The Balaban J connectivity index is 0.000000174. The average molecular weight is 853 g/mol. The number of piperidine rings is 2. The Hall–Kier alpha value is -6.80. The molecule has 0 spiro atoms. The number of carboxylic acid groups (broad SMARTS) is 1. The lowest BCUT2D eigenvalue weighted by Crippen LogP contribution is -2.45. The van der Waals surface area contributed by atoms with Crippen LogP contribution in [0.2, 0.25) is 0 Å². The Kier molecular flexibility index (Phi) is 18.3. The van der Waals surface area contributed by atoms with E-state index in [1.165, 1.54) is 11.1 Å². The quantitative estimate of drug-likeness (QED) is 0.0915. The average Bonchev–Trinajstić information content (AvgIpc) is 3.32. The molecule has 2 aliphatic rings. The standard InChI is InChI=1S/C25H27N3O3.C13H11NO4.C12H18N2/c29-24(27-21-13-16-28(17-14-21)18-20-6-2-1-3-7-20)19-30-22-9-11-23(12-10-22)31-25-8-4-5-15-26-25;15-13(16)9-17-10-4-6-11(7-5-10)18-12-3-1-2-8-14-12;13-12-6-8-14(9-7-12)10-11-4-2-1-3-5-11/h1-12,15,21H,13-14,16-19H2,(H,27,29);1-8H,9H2,(H,15,16);1-5,12H,6-10,13H2. The van der Waals surface area contributed by atoms with E-state index in [1.807, 2.05) is 24.3 Å². The van der Waals surface area contributed by atoms with Crippen molar-refractivity contribution >= 4 is 11.9 Å². The van der Waals surface area contributed by atoms with E-state index in [0.717, 1.165) is 65.0 Å². The van der Waals surface area contributed by atoms with Crippen molar-refractivity contribution in [1.29, 1.82) is 0 Å². The van der Waals surface area contributed by atoms with Gasteiger partial charge in [-0.05, 0) is 111 Å². The van der Waals surface area contributed by atoms with Gasteiger partial charge in [0.2, 0.25) is 11.8 Å². The smallest absolute Gasteiger partial charge is 0.341 e. The summed E-state index contributed by atoms with van der Waals surface area (Å²) in [5, 5.41) is 11.6. The molecule has 1 amide bonds. The molecule has 2 aromatic heterocycles. The normalized spacial score (nSPS) is 14.4. The number of aromatic nitrogens is 2. The monoisotopic (exact) mass is 852 g/mol. The van der Waals surface area contributed by atoms with E-state index >= 15 is 0 Å². The lowest BCUT2D eigenvalue weighted by atomic mass is 10.0. The van der Waals surface area contributed by atoms with Crippen LogP contribution in [0.4, 0.5) is 0 Å². The molecule has 0 aliphatic carbocycles. The maximum Gasteiger partial charge on any atom is 0.341 e. The predicted octanol–water partition coefficient (Wildman–Crippen LogP) is 7.98. The van der Waals surface area contributed by atoms with Gasteiger partial charge < -0.3 is 35.1 Å². The second-order valence-corrected chi connectivity index (χ2v) is 15.2. The Morgan fingerprint density at radius 3 is 1.40 bits per heavy atom. The van der Waals surface area contributed by atoms with E-state index in [9.17, 15) is 9.59 Å². The number of nitrogens with one attached hydrogen (secondary N) is 1. The van der Waals surface area contributed by atoms with Crippen molar-refractivity contribution in [1.82, 2.24) is 25.1 Å². The van der Waals surface area contributed by atoms with Crippen LogP contribution in [0.25, 0.3) is 0 Å². The van der Waals surface area contributed by atoms with E-state index in [-0.39, 0.29) is 25.2 Å². The molecule has 0 atom stereocenters. The van der Waals surface area contributed by atoms with Crippen molar-refractivity contribution in [3.63, 3.8) is 0 Å². The van der Waals surface area contributed by atoms with Crippen LogP contribution >= 0.6 is 0 Å². The third kappa shape index (κ3) is 17.2. The molecular weight excluding hydrogens is 797 g/mol. The molecule has 328 valence electrons. The van der Waals surface area contributed by atoms with E-state index in [1.54, 1.807) is 79.1 Å². The van der Waals surface area contributed by atoms with Crippen molar-refractivity contribution in [2.45, 2.75) is 50.9 Å². The van der Waals surface area contributed by atoms with Gasteiger partial charge in [-0.25, -0.2) is 14.8 Å². The Morgan fingerprint density at radius 1 is 0.556 bits per heavy atom. The minimum atomic E-state index is -1.01. The zero-order valence-electron chi connectivity index (χ0n) is 35.4. The topological polar surface area (TPSA) is 162 Å². The highest BCUT2D eigenvalue weighted by Gasteiger charge is 2.21. The molecule has 0 unspecified atom stereocenters. The maximum atomic E-state index is 12.3. The van der Waals surface area contributed by atoms with Crippen molar-refractivity contribution in [3.8, 4) is 34.8 Å². The van der Waals surface area contributed by atoms with Crippen LogP contribution in [0.5, 0.6) is 34.8 Å². The zero-order valence-corrected chi connectivity index (χ0v) is 35.4. The number of hydrogen-bond acceptors (Lipinski definition) is 11. The van der Waals surface area contributed by atoms with Crippen LogP contribution in [-0.4, -0.2) is 88.2 Å². The molecule has 13 heteroatoms. The first-order valence-corrected chi connectivity index (χ1v) is 21.3. The van der Waals surface area contributed by atoms with Crippen LogP contribution in [0, 0.1) is 0 Å². The minimum absolute atomic E-state index is 0.00464. The van der Waals surface area contributed by atoms with Crippen molar-refractivity contribution in [2.75, 3.05) is 39.4 Å². The molecule has 0 radical (unpaired) electrons. The summed E-state index contributed by atoms with van der Waals surface area (Å²) in [6, 6.07) is 46.5. The van der Waals surface area contributed by atoms with Gasteiger partial charge in [0, 0.05) is 62.8 Å². The van der Waals surface area contributed by atoms with Gasteiger partial charge in [-0.1, -0.05) is 72.8 Å². The second-order valence-electron chi connectivity index (χ2n) is 15.2. The van der Waals surface area contributed by atoms with Crippen molar-refractivity contribution in [3.05, 3.63) is 169 Å². The Bertz CT molecular complexity index is 2190. The van der Waals surface area contributed by atoms with Crippen LogP contribution < -0.4 is 30.0 Å². The van der Waals surface area contributed by atoms with Crippen LogP contribution in [0.3, 0.4) is 0 Å². The number of carbonyl (C=O) groups is 2. The molecule has 2 fully saturated rings. The maximum absolute atomic E-state index is 12.3. The molecule has 6 aromatic rings. The highest BCUT2D eigenvalue weighted by atomic mass is 16.5. The Morgan fingerprint density at radius 2 is 0.968 bits per heavy atom. The first-order valence-electron chi connectivity index (χ1n) is 21.3.